The first kappa shape index (κ1) is 18.0. The van der Waals surface area contributed by atoms with Crippen molar-refractivity contribution < 1.29 is 19.1 Å². The van der Waals surface area contributed by atoms with Gasteiger partial charge in [-0.1, -0.05) is 31.5 Å². The second-order valence-electron chi connectivity index (χ2n) is 5.39. The van der Waals surface area contributed by atoms with E-state index in [1.54, 1.807) is 6.92 Å². The standard InChI is InChI=1S/C17H25NO4/c1-4-12-17(2,16(20)21-3)18-15(19)11-8-13-22-14-9-6-5-7-10-14/h5-7,9-10H,4,8,11-13H2,1-3H3,(H,18,19). The fraction of sp³-hybridized carbons (Fsp3) is 0.529. The molecule has 22 heavy (non-hydrogen) atoms. The van der Waals surface area contributed by atoms with E-state index in [1.165, 1.54) is 7.11 Å². The van der Waals surface area contributed by atoms with Crippen molar-refractivity contribution in [1.29, 1.82) is 0 Å². The highest BCUT2D eigenvalue weighted by molar-refractivity contribution is 5.87. The molecule has 1 aromatic carbocycles. The predicted molar refractivity (Wildman–Crippen MR) is 84.6 cm³/mol. The lowest BCUT2D eigenvalue weighted by atomic mass is 9.96. The van der Waals surface area contributed by atoms with E-state index in [9.17, 15) is 9.59 Å². The Morgan fingerprint density at radius 1 is 1.23 bits per heavy atom. The molecule has 0 bridgehead atoms. The highest BCUT2D eigenvalue weighted by atomic mass is 16.5. The van der Waals surface area contributed by atoms with Crippen molar-refractivity contribution in [3.8, 4) is 5.75 Å². The summed E-state index contributed by atoms with van der Waals surface area (Å²) in [4.78, 5) is 23.8. The fourth-order valence-electron chi connectivity index (χ4n) is 2.25. The third kappa shape index (κ3) is 5.76. The minimum atomic E-state index is -0.957. The lowest BCUT2D eigenvalue weighted by Gasteiger charge is -2.27. The van der Waals surface area contributed by atoms with Gasteiger partial charge in [0.15, 0.2) is 0 Å². The summed E-state index contributed by atoms with van der Waals surface area (Å²) < 4.78 is 10.3. The van der Waals surface area contributed by atoms with Crippen LogP contribution >= 0.6 is 0 Å². The van der Waals surface area contributed by atoms with Gasteiger partial charge in [0.05, 0.1) is 13.7 Å². The Bertz CT molecular complexity index is 475. The van der Waals surface area contributed by atoms with Gasteiger partial charge in [-0.25, -0.2) is 4.79 Å². The van der Waals surface area contributed by atoms with Crippen LogP contribution in [0.3, 0.4) is 0 Å². The molecule has 1 unspecified atom stereocenters. The molecule has 0 aromatic heterocycles. The van der Waals surface area contributed by atoms with E-state index in [4.69, 9.17) is 9.47 Å². The van der Waals surface area contributed by atoms with Gasteiger partial charge in [0.25, 0.3) is 0 Å². The number of amides is 1. The first-order valence-corrected chi connectivity index (χ1v) is 7.59. The van der Waals surface area contributed by atoms with Gasteiger partial charge in [0.1, 0.15) is 11.3 Å². The van der Waals surface area contributed by atoms with Crippen LogP contribution in [0.5, 0.6) is 5.75 Å². The third-order valence-corrected chi connectivity index (χ3v) is 3.36. The summed E-state index contributed by atoms with van der Waals surface area (Å²) in [5.41, 5.74) is -0.957. The van der Waals surface area contributed by atoms with E-state index >= 15 is 0 Å². The number of nitrogens with one attached hydrogen (secondary N) is 1. The Hall–Kier alpha value is -2.04. The molecule has 0 heterocycles. The van der Waals surface area contributed by atoms with Crippen LogP contribution in [0.4, 0.5) is 0 Å². The maximum atomic E-state index is 12.0. The number of benzene rings is 1. The summed E-state index contributed by atoms with van der Waals surface area (Å²) in [5, 5.41) is 2.77. The van der Waals surface area contributed by atoms with Gasteiger partial charge in [-0.05, 0) is 31.9 Å². The second kappa shape index (κ2) is 9.07. The molecule has 1 N–H and O–H groups in total. The van der Waals surface area contributed by atoms with E-state index in [0.717, 1.165) is 12.2 Å². The molecule has 0 radical (unpaired) electrons. The number of methoxy groups -OCH3 is 1. The molecule has 1 rings (SSSR count). The summed E-state index contributed by atoms with van der Waals surface area (Å²) in [6.07, 6.45) is 2.22. The second-order valence-corrected chi connectivity index (χ2v) is 5.39. The zero-order valence-corrected chi connectivity index (χ0v) is 13.6. The summed E-state index contributed by atoms with van der Waals surface area (Å²) in [5.74, 6) is 0.203. The summed E-state index contributed by atoms with van der Waals surface area (Å²) in [7, 11) is 1.33. The Labute approximate surface area is 132 Å². The quantitative estimate of drug-likeness (QED) is 0.563. The normalized spacial score (nSPS) is 13.0. The minimum absolute atomic E-state index is 0.169. The molecule has 0 saturated carbocycles. The Kier molecular flexibility index (Phi) is 7.43. The molecular weight excluding hydrogens is 282 g/mol. The van der Waals surface area contributed by atoms with E-state index in [-0.39, 0.29) is 5.91 Å². The summed E-state index contributed by atoms with van der Waals surface area (Å²) >= 11 is 0. The van der Waals surface area contributed by atoms with Gasteiger partial charge in [0, 0.05) is 6.42 Å². The van der Waals surface area contributed by atoms with Crippen molar-refractivity contribution in [3.63, 3.8) is 0 Å². The SMILES string of the molecule is CCCC(C)(NC(=O)CCCOc1ccccc1)C(=O)OC. The van der Waals surface area contributed by atoms with Gasteiger partial charge in [-0.15, -0.1) is 0 Å². The molecule has 0 fully saturated rings. The molecule has 1 atom stereocenters. The smallest absolute Gasteiger partial charge is 0.331 e. The van der Waals surface area contributed by atoms with Crippen molar-refractivity contribution in [2.75, 3.05) is 13.7 Å². The van der Waals surface area contributed by atoms with Crippen LogP contribution in [0.25, 0.3) is 0 Å². The predicted octanol–water partition coefficient (Wildman–Crippen LogP) is 2.69. The number of hydrogen-bond acceptors (Lipinski definition) is 4. The molecule has 0 aliphatic rings. The highest BCUT2D eigenvalue weighted by Crippen LogP contribution is 2.15. The van der Waals surface area contributed by atoms with Crippen LogP contribution in [0.15, 0.2) is 30.3 Å². The monoisotopic (exact) mass is 307 g/mol. The van der Waals surface area contributed by atoms with Gasteiger partial charge >= 0.3 is 5.97 Å². The van der Waals surface area contributed by atoms with E-state index in [2.05, 4.69) is 5.32 Å². The number of carbonyl (C=O) groups excluding carboxylic acids is 2. The molecular formula is C17H25NO4. The molecule has 0 aliphatic heterocycles. The number of hydrogen-bond donors (Lipinski definition) is 1. The Morgan fingerprint density at radius 3 is 2.50 bits per heavy atom. The van der Waals surface area contributed by atoms with Crippen LogP contribution in [-0.4, -0.2) is 31.1 Å². The Balaban J connectivity index is 2.36. The molecule has 0 aliphatic carbocycles. The molecule has 5 heteroatoms. The number of esters is 1. The molecule has 1 amide bonds. The van der Waals surface area contributed by atoms with Crippen LogP contribution in [-0.2, 0) is 14.3 Å². The van der Waals surface area contributed by atoms with Gasteiger partial charge in [-0.2, -0.15) is 0 Å². The largest absolute Gasteiger partial charge is 0.494 e. The fourth-order valence-corrected chi connectivity index (χ4v) is 2.25. The zero-order valence-electron chi connectivity index (χ0n) is 13.6. The van der Waals surface area contributed by atoms with E-state index in [0.29, 0.717) is 25.9 Å². The van der Waals surface area contributed by atoms with Gasteiger partial charge < -0.3 is 14.8 Å². The number of carbonyl (C=O) groups is 2. The van der Waals surface area contributed by atoms with Gasteiger partial charge in [-0.3, -0.25) is 4.79 Å². The molecule has 1 aromatic rings. The lowest BCUT2D eigenvalue weighted by molar-refractivity contribution is -0.150. The van der Waals surface area contributed by atoms with E-state index < -0.39 is 11.5 Å². The van der Waals surface area contributed by atoms with Crippen LogP contribution < -0.4 is 10.1 Å². The lowest BCUT2D eigenvalue weighted by Crippen LogP contribution is -2.52. The topological polar surface area (TPSA) is 64.6 Å². The van der Waals surface area contributed by atoms with Gasteiger partial charge in [0.2, 0.25) is 5.91 Å². The summed E-state index contributed by atoms with van der Waals surface area (Å²) in [6.45, 7) is 4.11. The average molecular weight is 307 g/mol. The molecule has 0 saturated heterocycles. The molecule has 122 valence electrons. The Morgan fingerprint density at radius 2 is 1.91 bits per heavy atom. The maximum absolute atomic E-state index is 12.0. The minimum Gasteiger partial charge on any atom is -0.494 e. The average Bonchev–Trinajstić information content (AvgIpc) is 2.52. The van der Waals surface area contributed by atoms with E-state index in [1.807, 2.05) is 37.3 Å². The van der Waals surface area contributed by atoms with Crippen molar-refractivity contribution in [1.82, 2.24) is 5.32 Å². The number of ether oxygens (including phenoxy) is 2. The molecule has 0 spiro atoms. The van der Waals surface area contributed by atoms with Crippen LogP contribution in [0.1, 0.15) is 39.5 Å². The third-order valence-electron chi connectivity index (χ3n) is 3.36. The van der Waals surface area contributed by atoms with Crippen LogP contribution in [0, 0.1) is 0 Å². The van der Waals surface area contributed by atoms with Crippen molar-refractivity contribution >= 4 is 11.9 Å². The van der Waals surface area contributed by atoms with Crippen molar-refractivity contribution in [3.05, 3.63) is 30.3 Å². The molecule has 5 nitrogen and oxygen atoms in total. The number of rotatable bonds is 9. The zero-order chi connectivity index (χ0) is 16.4. The first-order chi connectivity index (χ1) is 10.5. The first-order valence-electron chi connectivity index (χ1n) is 7.59. The maximum Gasteiger partial charge on any atom is 0.331 e. The number of para-hydroxylation sites is 1. The van der Waals surface area contributed by atoms with Crippen molar-refractivity contribution in [2.24, 2.45) is 0 Å². The highest BCUT2D eigenvalue weighted by Gasteiger charge is 2.34. The van der Waals surface area contributed by atoms with Crippen LogP contribution in [0.2, 0.25) is 0 Å². The van der Waals surface area contributed by atoms with Crippen molar-refractivity contribution in [2.45, 2.75) is 45.1 Å². The summed E-state index contributed by atoms with van der Waals surface area (Å²) in [6, 6.07) is 9.45.